The Bertz CT molecular complexity index is 759. The maximum Gasteiger partial charge on any atom is 0.226 e. The van der Waals surface area contributed by atoms with Gasteiger partial charge in [0.25, 0.3) is 0 Å². The molecule has 2 aromatic heterocycles. The number of aromatic nitrogens is 3. The molecule has 116 valence electrons. The fourth-order valence-corrected chi connectivity index (χ4v) is 3.50. The quantitative estimate of drug-likeness (QED) is 0.836. The minimum absolute atomic E-state index is 0.269. The van der Waals surface area contributed by atoms with Crippen LogP contribution in [-0.4, -0.2) is 41.1 Å². The van der Waals surface area contributed by atoms with E-state index in [4.69, 9.17) is 5.26 Å². The second kappa shape index (κ2) is 5.47. The number of nitriles is 1. The van der Waals surface area contributed by atoms with Crippen LogP contribution in [0.2, 0.25) is 0 Å². The lowest BCUT2D eigenvalue weighted by Crippen LogP contribution is -2.30. The molecule has 0 aliphatic carbocycles. The van der Waals surface area contributed by atoms with Crippen molar-refractivity contribution in [3.05, 3.63) is 42.1 Å². The molecule has 6 nitrogen and oxygen atoms in total. The smallest absolute Gasteiger partial charge is 0.226 e. The zero-order valence-electron chi connectivity index (χ0n) is 12.4. The number of rotatable bonds is 2. The predicted octanol–water partition coefficient (Wildman–Crippen LogP) is 1.45. The van der Waals surface area contributed by atoms with E-state index in [1.807, 2.05) is 11.0 Å². The first-order valence-electron chi connectivity index (χ1n) is 7.58. The molecule has 2 saturated heterocycles. The maximum absolute atomic E-state index is 13.9. The average Bonchev–Trinajstić information content (AvgIpc) is 3.14. The van der Waals surface area contributed by atoms with Gasteiger partial charge in [-0.3, -0.25) is 0 Å². The van der Waals surface area contributed by atoms with Gasteiger partial charge >= 0.3 is 0 Å². The van der Waals surface area contributed by atoms with E-state index in [9.17, 15) is 4.39 Å². The van der Waals surface area contributed by atoms with Crippen molar-refractivity contribution in [2.24, 2.45) is 11.8 Å². The average molecular weight is 310 g/mol. The Hall–Kier alpha value is -2.75. The van der Waals surface area contributed by atoms with E-state index in [0.717, 1.165) is 26.2 Å². The summed E-state index contributed by atoms with van der Waals surface area (Å²) < 4.78 is 13.9. The summed E-state index contributed by atoms with van der Waals surface area (Å²) in [6.45, 7) is 3.22. The van der Waals surface area contributed by atoms with Crippen molar-refractivity contribution in [2.75, 3.05) is 36.0 Å². The third-order valence-corrected chi connectivity index (χ3v) is 4.57. The molecule has 4 heterocycles. The van der Waals surface area contributed by atoms with Crippen LogP contribution in [0.1, 0.15) is 5.69 Å². The molecular weight excluding hydrogens is 295 g/mol. The van der Waals surface area contributed by atoms with Gasteiger partial charge in [-0.25, -0.2) is 19.3 Å². The monoisotopic (exact) mass is 310 g/mol. The molecule has 0 N–H and O–H groups in total. The van der Waals surface area contributed by atoms with Crippen molar-refractivity contribution in [3.63, 3.8) is 0 Å². The first-order chi connectivity index (χ1) is 11.2. The van der Waals surface area contributed by atoms with Crippen LogP contribution in [0.4, 0.5) is 16.2 Å². The number of nitrogens with zero attached hydrogens (tertiary/aromatic N) is 6. The van der Waals surface area contributed by atoms with Gasteiger partial charge in [0.2, 0.25) is 5.95 Å². The molecule has 2 aromatic rings. The van der Waals surface area contributed by atoms with Gasteiger partial charge in [-0.1, -0.05) is 0 Å². The zero-order valence-corrected chi connectivity index (χ0v) is 12.4. The summed E-state index contributed by atoms with van der Waals surface area (Å²) in [6.07, 6.45) is 3.24. The van der Waals surface area contributed by atoms with Crippen LogP contribution in [0.25, 0.3) is 0 Å². The van der Waals surface area contributed by atoms with E-state index in [1.54, 1.807) is 24.5 Å². The minimum atomic E-state index is -0.269. The molecule has 23 heavy (non-hydrogen) atoms. The Morgan fingerprint density at radius 3 is 2.48 bits per heavy atom. The Labute approximate surface area is 133 Å². The lowest BCUT2D eigenvalue weighted by atomic mass is 10.0. The Morgan fingerprint density at radius 1 is 1.04 bits per heavy atom. The standard InChI is InChI=1S/C16H15FN6/c17-14-2-1-4-19-15(14)22-7-11-9-23(10-12(11)8-22)16-20-5-3-13(6-18)21-16/h1-5,11-12H,7-10H2. The molecule has 0 aromatic carbocycles. The van der Waals surface area contributed by atoms with E-state index >= 15 is 0 Å². The predicted molar refractivity (Wildman–Crippen MR) is 82.3 cm³/mol. The summed E-state index contributed by atoms with van der Waals surface area (Å²) in [5.41, 5.74) is 0.379. The summed E-state index contributed by atoms with van der Waals surface area (Å²) in [6, 6.07) is 6.70. The number of anilines is 2. The van der Waals surface area contributed by atoms with Crippen molar-refractivity contribution in [1.82, 2.24) is 15.0 Å². The van der Waals surface area contributed by atoms with Gasteiger partial charge in [0.05, 0.1) is 0 Å². The van der Waals surface area contributed by atoms with Gasteiger partial charge < -0.3 is 9.80 Å². The lowest BCUT2D eigenvalue weighted by Gasteiger charge is -2.22. The first-order valence-corrected chi connectivity index (χ1v) is 7.58. The Balaban J connectivity index is 1.48. The minimum Gasteiger partial charge on any atom is -0.353 e. The van der Waals surface area contributed by atoms with Crippen LogP contribution in [0, 0.1) is 29.0 Å². The normalized spacial score (nSPS) is 23.0. The molecule has 0 spiro atoms. The highest BCUT2D eigenvalue weighted by molar-refractivity contribution is 5.44. The van der Waals surface area contributed by atoms with E-state index in [2.05, 4.69) is 19.9 Å². The molecule has 0 radical (unpaired) electrons. The van der Waals surface area contributed by atoms with Gasteiger partial charge in [-0.15, -0.1) is 0 Å². The molecule has 2 atom stereocenters. The topological polar surface area (TPSA) is 68.9 Å². The van der Waals surface area contributed by atoms with Crippen molar-refractivity contribution in [3.8, 4) is 6.07 Å². The molecule has 2 unspecified atom stereocenters. The lowest BCUT2D eigenvalue weighted by molar-refractivity contribution is 0.533. The van der Waals surface area contributed by atoms with E-state index in [0.29, 0.717) is 29.3 Å². The van der Waals surface area contributed by atoms with Gasteiger partial charge in [0, 0.05) is 50.4 Å². The molecular formula is C16H15FN6. The van der Waals surface area contributed by atoms with Crippen LogP contribution in [0.3, 0.4) is 0 Å². The number of halogens is 1. The Kier molecular flexibility index (Phi) is 3.30. The Morgan fingerprint density at radius 2 is 1.78 bits per heavy atom. The summed E-state index contributed by atoms with van der Waals surface area (Å²) in [5, 5.41) is 8.95. The number of hydrogen-bond donors (Lipinski definition) is 0. The van der Waals surface area contributed by atoms with Crippen molar-refractivity contribution in [1.29, 1.82) is 5.26 Å². The van der Waals surface area contributed by atoms with Crippen LogP contribution in [-0.2, 0) is 0 Å². The SMILES string of the molecule is N#Cc1ccnc(N2CC3CN(c4ncccc4F)CC3C2)n1. The molecule has 2 fully saturated rings. The van der Waals surface area contributed by atoms with Crippen molar-refractivity contribution in [2.45, 2.75) is 0 Å². The number of pyridine rings is 1. The molecule has 2 aliphatic rings. The van der Waals surface area contributed by atoms with Crippen LogP contribution < -0.4 is 9.80 Å². The fraction of sp³-hybridized carbons (Fsp3) is 0.375. The largest absolute Gasteiger partial charge is 0.353 e. The van der Waals surface area contributed by atoms with Crippen molar-refractivity contribution < 1.29 is 4.39 Å². The number of fused-ring (bicyclic) bond motifs is 1. The van der Waals surface area contributed by atoms with Crippen LogP contribution in [0.5, 0.6) is 0 Å². The van der Waals surface area contributed by atoms with Gasteiger partial charge in [0.1, 0.15) is 11.8 Å². The molecule has 0 amide bonds. The first kappa shape index (κ1) is 13.9. The highest BCUT2D eigenvalue weighted by Crippen LogP contribution is 2.35. The van der Waals surface area contributed by atoms with Crippen molar-refractivity contribution >= 4 is 11.8 Å². The maximum atomic E-state index is 13.9. The molecule has 2 aliphatic heterocycles. The van der Waals surface area contributed by atoms with Gasteiger partial charge in [0.15, 0.2) is 11.6 Å². The molecule has 0 saturated carbocycles. The second-order valence-corrected chi connectivity index (χ2v) is 5.99. The third kappa shape index (κ3) is 2.46. The highest BCUT2D eigenvalue weighted by Gasteiger charge is 2.41. The summed E-state index contributed by atoms with van der Waals surface area (Å²) in [5.74, 6) is 1.65. The third-order valence-electron chi connectivity index (χ3n) is 4.57. The van der Waals surface area contributed by atoms with E-state index < -0.39 is 0 Å². The zero-order chi connectivity index (χ0) is 15.8. The second-order valence-electron chi connectivity index (χ2n) is 5.99. The summed E-state index contributed by atoms with van der Waals surface area (Å²) in [7, 11) is 0. The van der Waals surface area contributed by atoms with Crippen LogP contribution in [0.15, 0.2) is 30.6 Å². The van der Waals surface area contributed by atoms with Gasteiger partial charge in [-0.05, 0) is 18.2 Å². The molecule has 0 bridgehead atoms. The van der Waals surface area contributed by atoms with E-state index in [-0.39, 0.29) is 5.82 Å². The number of hydrogen-bond acceptors (Lipinski definition) is 6. The summed E-state index contributed by atoms with van der Waals surface area (Å²) in [4.78, 5) is 16.8. The highest BCUT2D eigenvalue weighted by atomic mass is 19.1. The van der Waals surface area contributed by atoms with Gasteiger partial charge in [-0.2, -0.15) is 5.26 Å². The van der Waals surface area contributed by atoms with E-state index in [1.165, 1.54) is 6.07 Å². The molecule has 7 heteroatoms. The fourth-order valence-electron chi connectivity index (χ4n) is 3.50. The molecule has 4 rings (SSSR count). The van der Waals surface area contributed by atoms with Crippen LogP contribution >= 0.6 is 0 Å². The summed E-state index contributed by atoms with van der Waals surface area (Å²) >= 11 is 0.